The van der Waals surface area contributed by atoms with Crippen LogP contribution in [-0.4, -0.2) is 41.0 Å². The molecule has 0 radical (unpaired) electrons. The second kappa shape index (κ2) is 6.64. The van der Waals surface area contributed by atoms with Crippen LogP contribution in [0.2, 0.25) is 0 Å². The van der Waals surface area contributed by atoms with E-state index in [-0.39, 0.29) is 5.91 Å². The highest BCUT2D eigenvalue weighted by molar-refractivity contribution is 5.92. The van der Waals surface area contributed by atoms with Crippen molar-refractivity contribution < 1.29 is 9.53 Å². The summed E-state index contributed by atoms with van der Waals surface area (Å²) in [6.07, 6.45) is 5.22. The van der Waals surface area contributed by atoms with E-state index in [0.29, 0.717) is 11.5 Å². The van der Waals surface area contributed by atoms with Crippen LogP contribution in [0.25, 0.3) is 0 Å². The molecular weight excluding hydrogens is 292 g/mol. The van der Waals surface area contributed by atoms with Gasteiger partial charge in [0.1, 0.15) is 17.3 Å². The molecule has 1 aromatic carbocycles. The highest BCUT2D eigenvalue weighted by atomic mass is 16.5. The van der Waals surface area contributed by atoms with E-state index in [0.717, 1.165) is 42.9 Å². The highest BCUT2D eigenvalue weighted by Gasteiger charge is 2.20. The number of hydrogen-bond acceptors (Lipinski definition) is 5. The number of aromatic nitrogens is 2. The van der Waals surface area contributed by atoms with E-state index in [4.69, 9.17) is 4.74 Å². The molecule has 23 heavy (non-hydrogen) atoms. The molecule has 1 aliphatic heterocycles. The number of nitrogens with one attached hydrogen (secondary N) is 1. The summed E-state index contributed by atoms with van der Waals surface area (Å²) in [5, 5.41) is 3.18. The van der Waals surface area contributed by atoms with Gasteiger partial charge in [-0.25, -0.2) is 9.97 Å². The summed E-state index contributed by atoms with van der Waals surface area (Å²) < 4.78 is 5.33. The van der Waals surface area contributed by atoms with Gasteiger partial charge in [0.2, 0.25) is 0 Å². The van der Waals surface area contributed by atoms with Gasteiger partial charge in [0.15, 0.2) is 0 Å². The Balaban J connectivity index is 1.75. The predicted octanol–water partition coefficient (Wildman–Crippen LogP) is 2.77. The Morgan fingerprint density at radius 1 is 1.22 bits per heavy atom. The van der Waals surface area contributed by atoms with Crippen molar-refractivity contribution in [3.63, 3.8) is 0 Å². The van der Waals surface area contributed by atoms with Crippen molar-refractivity contribution in [1.29, 1.82) is 0 Å². The summed E-state index contributed by atoms with van der Waals surface area (Å²) >= 11 is 0. The van der Waals surface area contributed by atoms with Crippen LogP contribution in [0.15, 0.2) is 30.6 Å². The molecule has 0 saturated carbocycles. The zero-order valence-corrected chi connectivity index (χ0v) is 13.4. The average molecular weight is 312 g/mol. The van der Waals surface area contributed by atoms with Crippen LogP contribution in [0.5, 0.6) is 5.75 Å². The lowest BCUT2D eigenvalue weighted by Gasteiger charge is -2.14. The normalized spacial score (nSPS) is 13.9. The van der Waals surface area contributed by atoms with Crippen LogP contribution in [0.1, 0.15) is 28.9 Å². The third-order valence-electron chi connectivity index (χ3n) is 3.88. The molecule has 1 fully saturated rings. The van der Waals surface area contributed by atoms with Gasteiger partial charge in [-0.3, -0.25) is 4.79 Å². The maximum atomic E-state index is 12.2. The van der Waals surface area contributed by atoms with Gasteiger partial charge in [-0.15, -0.1) is 0 Å². The van der Waals surface area contributed by atoms with Crippen LogP contribution in [-0.2, 0) is 0 Å². The first kappa shape index (κ1) is 15.3. The maximum absolute atomic E-state index is 12.2. The minimum Gasteiger partial charge on any atom is -0.495 e. The van der Waals surface area contributed by atoms with Gasteiger partial charge in [0.25, 0.3) is 5.91 Å². The van der Waals surface area contributed by atoms with E-state index in [1.165, 1.54) is 6.20 Å². The van der Waals surface area contributed by atoms with Crippen molar-refractivity contribution >= 4 is 17.4 Å². The number of aryl methyl sites for hydroxylation is 1. The quantitative estimate of drug-likeness (QED) is 0.940. The second-order valence-corrected chi connectivity index (χ2v) is 5.61. The van der Waals surface area contributed by atoms with Gasteiger partial charge in [0, 0.05) is 13.1 Å². The lowest BCUT2D eigenvalue weighted by atomic mass is 10.2. The van der Waals surface area contributed by atoms with Crippen LogP contribution < -0.4 is 10.1 Å². The SMILES string of the molecule is COc1ccc(C)cc1Nc1cnc(C(=O)N2CCCC2)cn1. The molecule has 0 spiro atoms. The number of rotatable bonds is 4. The molecule has 3 rings (SSSR count). The maximum Gasteiger partial charge on any atom is 0.274 e. The monoisotopic (exact) mass is 312 g/mol. The van der Waals surface area contributed by atoms with Crippen molar-refractivity contribution in [2.75, 3.05) is 25.5 Å². The fraction of sp³-hybridized carbons (Fsp3) is 0.353. The average Bonchev–Trinajstić information content (AvgIpc) is 3.10. The minimum atomic E-state index is -0.0466. The van der Waals surface area contributed by atoms with Gasteiger partial charge in [-0.2, -0.15) is 0 Å². The number of anilines is 2. The van der Waals surface area contributed by atoms with Crippen molar-refractivity contribution in [2.45, 2.75) is 19.8 Å². The number of carbonyl (C=O) groups is 1. The topological polar surface area (TPSA) is 67.3 Å². The van der Waals surface area contributed by atoms with Crippen molar-refractivity contribution in [3.8, 4) is 5.75 Å². The number of nitrogens with zero attached hydrogens (tertiary/aromatic N) is 3. The number of ether oxygens (including phenoxy) is 1. The fourth-order valence-corrected chi connectivity index (χ4v) is 2.64. The molecule has 0 unspecified atom stereocenters. The summed E-state index contributed by atoms with van der Waals surface area (Å²) in [6, 6.07) is 5.85. The van der Waals surface area contributed by atoms with Crippen LogP contribution in [0.4, 0.5) is 11.5 Å². The van der Waals surface area contributed by atoms with E-state index >= 15 is 0 Å². The molecule has 0 aliphatic carbocycles. The number of carbonyl (C=O) groups excluding carboxylic acids is 1. The third kappa shape index (κ3) is 3.41. The van der Waals surface area contributed by atoms with E-state index in [1.807, 2.05) is 30.0 Å². The molecule has 1 saturated heterocycles. The number of hydrogen-bond donors (Lipinski definition) is 1. The van der Waals surface area contributed by atoms with Gasteiger partial charge in [0.05, 0.1) is 25.2 Å². The molecule has 6 nitrogen and oxygen atoms in total. The van der Waals surface area contributed by atoms with Crippen LogP contribution >= 0.6 is 0 Å². The Hall–Kier alpha value is -2.63. The first-order valence-electron chi connectivity index (χ1n) is 7.70. The Kier molecular flexibility index (Phi) is 4.41. The summed E-state index contributed by atoms with van der Waals surface area (Å²) in [5.41, 5.74) is 2.32. The predicted molar refractivity (Wildman–Crippen MR) is 88.2 cm³/mol. The zero-order chi connectivity index (χ0) is 16.2. The Morgan fingerprint density at radius 2 is 2.00 bits per heavy atom. The fourth-order valence-electron chi connectivity index (χ4n) is 2.64. The molecule has 2 aromatic rings. The Bertz CT molecular complexity index is 694. The van der Waals surface area contributed by atoms with Gasteiger partial charge >= 0.3 is 0 Å². The zero-order valence-electron chi connectivity index (χ0n) is 13.4. The lowest BCUT2D eigenvalue weighted by Crippen LogP contribution is -2.28. The third-order valence-corrected chi connectivity index (χ3v) is 3.88. The molecule has 0 atom stereocenters. The Labute approximate surface area is 135 Å². The first-order chi connectivity index (χ1) is 11.2. The molecular formula is C17H20N4O2. The summed E-state index contributed by atoms with van der Waals surface area (Å²) in [5.74, 6) is 1.26. The van der Waals surface area contributed by atoms with E-state index in [1.54, 1.807) is 13.3 Å². The molecule has 2 heterocycles. The van der Waals surface area contributed by atoms with Crippen LogP contribution in [0.3, 0.4) is 0 Å². The van der Waals surface area contributed by atoms with E-state index < -0.39 is 0 Å². The molecule has 1 aliphatic rings. The molecule has 6 heteroatoms. The number of amides is 1. The van der Waals surface area contributed by atoms with Crippen molar-refractivity contribution in [2.24, 2.45) is 0 Å². The molecule has 120 valence electrons. The van der Waals surface area contributed by atoms with E-state index in [9.17, 15) is 4.79 Å². The first-order valence-corrected chi connectivity index (χ1v) is 7.70. The number of likely N-dealkylation sites (tertiary alicyclic amines) is 1. The molecule has 1 N–H and O–H groups in total. The van der Waals surface area contributed by atoms with Crippen molar-refractivity contribution in [3.05, 3.63) is 41.9 Å². The van der Waals surface area contributed by atoms with E-state index in [2.05, 4.69) is 15.3 Å². The van der Waals surface area contributed by atoms with Crippen molar-refractivity contribution in [1.82, 2.24) is 14.9 Å². The highest BCUT2D eigenvalue weighted by Crippen LogP contribution is 2.27. The molecule has 1 aromatic heterocycles. The summed E-state index contributed by atoms with van der Waals surface area (Å²) in [7, 11) is 1.62. The lowest BCUT2D eigenvalue weighted by molar-refractivity contribution is 0.0786. The minimum absolute atomic E-state index is 0.0466. The number of methoxy groups -OCH3 is 1. The summed E-state index contributed by atoms with van der Waals surface area (Å²) in [4.78, 5) is 22.6. The van der Waals surface area contributed by atoms with Gasteiger partial charge < -0.3 is 15.0 Å². The van der Waals surface area contributed by atoms with Crippen LogP contribution in [0, 0.1) is 6.92 Å². The summed E-state index contributed by atoms with van der Waals surface area (Å²) in [6.45, 7) is 3.62. The standard InChI is InChI=1S/C17H20N4O2/c1-12-5-6-15(23-2)13(9-12)20-16-11-18-14(10-19-16)17(22)21-7-3-4-8-21/h5-6,9-11H,3-4,7-8H2,1-2H3,(H,19,20). The number of benzene rings is 1. The van der Waals surface area contributed by atoms with Gasteiger partial charge in [-0.1, -0.05) is 6.07 Å². The second-order valence-electron chi connectivity index (χ2n) is 5.61. The molecule has 1 amide bonds. The largest absolute Gasteiger partial charge is 0.495 e. The van der Waals surface area contributed by atoms with Gasteiger partial charge in [-0.05, 0) is 37.5 Å². The molecule has 0 bridgehead atoms. The Morgan fingerprint density at radius 3 is 2.65 bits per heavy atom. The smallest absolute Gasteiger partial charge is 0.274 e.